The average molecular weight is 273 g/mol. The van der Waals surface area contributed by atoms with Gasteiger partial charge in [-0.15, -0.1) is 0 Å². The van der Waals surface area contributed by atoms with Gasteiger partial charge in [-0.05, 0) is 30.9 Å². The standard InChI is InChI=1S/C15H19N3O2/c1-10-5-4-6-11(9-10)16-14-13(15(19)20)18-8-3-2-7-12(18)17-14/h2-3,7-8,10-11,16H,4-6,9H2,1H3,(H,19,20). The Morgan fingerprint density at radius 2 is 2.30 bits per heavy atom. The minimum absolute atomic E-state index is 0.221. The monoisotopic (exact) mass is 273 g/mol. The lowest BCUT2D eigenvalue weighted by molar-refractivity contribution is 0.0690. The molecule has 0 aliphatic heterocycles. The number of imidazole rings is 1. The summed E-state index contributed by atoms with van der Waals surface area (Å²) in [7, 11) is 0. The fraction of sp³-hybridized carbons (Fsp3) is 0.467. The SMILES string of the molecule is CC1CCCC(Nc2nc3ccccn3c2C(=O)O)C1. The van der Waals surface area contributed by atoms with E-state index >= 15 is 0 Å². The molecule has 5 heteroatoms. The summed E-state index contributed by atoms with van der Waals surface area (Å²) in [6.45, 7) is 2.25. The molecule has 3 rings (SSSR count). The van der Waals surface area contributed by atoms with E-state index in [1.807, 2.05) is 18.2 Å². The Balaban J connectivity index is 1.94. The molecular formula is C15H19N3O2. The number of hydrogen-bond acceptors (Lipinski definition) is 3. The molecule has 2 atom stereocenters. The maximum atomic E-state index is 11.5. The third-order valence-electron chi connectivity index (χ3n) is 4.01. The van der Waals surface area contributed by atoms with Crippen molar-refractivity contribution in [2.24, 2.45) is 5.92 Å². The van der Waals surface area contributed by atoms with Crippen LogP contribution in [0.1, 0.15) is 43.1 Å². The molecule has 2 unspecified atom stereocenters. The number of hydrogen-bond donors (Lipinski definition) is 2. The first-order valence-corrected chi connectivity index (χ1v) is 7.12. The summed E-state index contributed by atoms with van der Waals surface area (Å²) in [4.78, 5) is 15.9. The molecule has 0 aromatic carbocycles. The number of rotatable bonds is 3. The highest BCUT2D eigenvalue weighted by atomic mass is 16.4. The second kappa shape index (κ2) is 5.15. The third-order valence-corrected chi connectivity index (χ3v) is 4.01. The molecule has 0 amide bonds. The van der Waals surface area contributed by atoms with E-state index in [-0.39, 0.29) is 5.69 Å². The van der Waals surface area contributed by atoms with Crippen molar-refractivity contribution in [2.75, 3.05) is 5.32 Å². The fourth-order valence-electron chi connectivity index (χ4n) is 3.06. The zero-order chi connectivity index (χ0) is 14.1. The average Bonchev–Trinajstić information content (AvgIpc) is 2.76. The number of aromatic nitrogens is 2. The number of aromatic carboxylic acids is 1. The number of nitrogens with one attached hydrogen (secondary N) is 1. The van der Waals surface area contributed by atoms with Crippen LogP contribution in [0.25, 0.3) is 5.65 Å². The first-order chi connectivity index (χ1) is 9.65. The van der Waals surface area contributed by atoms with E-state index in [9.17, 15) is 9.90 Å². The van der Waals surface area contributed by atoms with Crippen molar-refractivity contribution >= 4 is 17.4 Å². The fourth-order valence-corrected chi connectivity index (χ4v) is 3.06. The first kappa shape index (κ1) is 13.0. The molecule has 2 heterocycles. The molecule has 0 radical (unpaired) electrons. The van der Waals surface area contributed by atoms with Gasteiger partial charge in [0.15, 0.2) is 11.5 Å². The summed E-state index contributed by atoms with van der Waals surface area (Å²) < 4.78 is 1.62. The second-order valence-corrected chi connectivity index (χ2v) is 5.66. The Morgan fingerprint density at radius 1 is 1.45 bits per heavy atom. The summed E-state index contributed by atoms with van der Waals surface area (Å²) in [5.74, 6) is 0.226. The number of pyridine rings is 1. The molecule has 2 N–H and O–H groups in total. The molecule has 2 aromatic heterocycles. The summed E-state index contributed by atoms with van der Waals surface area (Å²) in [5, 5.41) is 12.8. The van der Waals surface area contributed by atoms with E-state index in [2.05, 4.69) is 17.2 Å². The van der Waals surface area contributed by atoms with Gasteiger partial charge in [0.1, 0.15) is 5.65 Å². The molecule has 0 spiro atoms. The summed E-state index contributed by atoms with van der Waals surface area (Å²) >= 11 is 0. The van der Waals surface area contributed by atoms with Crippen LogP contribution in [0, 0.1) is 5.92 Å². The molecule has 1 aliphatic rings. The first-order valence-electron chi connectivity index (χ1n) is 7.12. The summed E-state index contributed by atoms with van der Waals surface area (Å²) in [6, 6.07) is 5.82. The van der Waals surface area contributed by atoms with Crippen molar-refractivity contribution in [1.82, 2.24) is 9.38 Å². The Morgan fingerprint density at radius 3 is 3.05 bits per heavy atom. The Kier molecular flexibility index (Phi) is 3.34. The number of carboxylic acids is 1. The van der Waals surface area contributed by atoms with Gasteiger partial charge in [0.2, 0.25) is 0 Å². The number of nitrogens with zero attached hydrogens (tertiary/aromatic N) is 2. The Bertz CT molecular complexity index is 635. The zero-order valence-electron chi connectivity index (χ0n) is 11.5. The smallest absolute Gasteiger partial charge is 0.356 e. The largest absolute Gasteiger partial charge is 0.476 e. The van der Waals surface area contributed by atoms with Crippen molar-refractivity contribution in [1.29, 1.82) is 0 Å². The summed E-state index contributed by atoms with van der Waals surface area (Å²) in [5.41, 5.74) is 0.884. The van der Waals surface area contributed by atoms with Gasteiger partial charge < -0.3 is 10.4 Å². The van der Waals surface area contributed by atoms with E-state index < -0.39 is 5.97 Å². The highest BCUT2D eigenvalue weighted by Crippen LogP contribution is 2.27. The second-order valence-electron chi connectivity index (χ2n) is 5.66. The normalized spacial score (nSPS) is 22.9. The zero-order valence-corrected chi connectivity index (χ0v) is 11.5. The molecule has 1 fully saturated rings. The Labute approximate surface area is 117 Å². The van der Waals surface area contributed by atoms with Crippen LogP contribution in [0.4, 0.5) is 5.82 Å². The molecular weight excluding hydrogens is 254 g/mol. The van der Waals surface area contributed by atoms with Gasteiger partial charge in [0.05, 0.1) is 0 Å². The van der Waals surface area contributed by atoms with Crippen LogP contribution >= 0.6 is 0 Å². The Hall–Kier alpha value is -2.04. The molecule has 0 bridgehead atoms. The maximum absolute atomic E-state index is 11.5. The van der Waals surface area contributed by atoms with Gasteiger partial charge in [0.25, 0.3) is 0 Å². The van der Waals surface area contributed by atoms with Gasteiger partial charge in [0, 0.05) is 12.2 Å². The predicted octanol–water partition coefficient (Wildman–Crippen LogP) is 3.02. The van der Waals surface area contributed by atoms with Crippen LogP contribution in [0.15, 0.2) is 24.4 Å². The van der Waals surface area contributed by atoms with Gasteiger partial charge in [-0.25, -0.2) is 9.78 Å². The molecule has 0 saturated heterocycles. The van der Waals surface area contributed by atoms with E-state index in [0.29, 0.717) is 23.4 Å². The molecule has 106 valence electrons. The van der Waals surface area contributed by atoms with Crippen LogP contribution in [0.5, 0.6) is 0 Å². The maximum Gasteiger partial charge on any atom is 0.356 e. The van der Waals surface area contributed by atoms with Crippen LogP contribution < -0.4 is 5.32 Å². The lowest BCUT2D eigenvalue weighted by Gasteiger charge is -2.27. The van der Waals surface area contributed by atoms with E-state index in [1.165, 1.54) is 12.8 Å². The molecule has 2 aromatic rings. The molecule has 1 aliphatic carbocycles. The van der Waals surface area contributed by atoms with Gasteiger partial charge in [-0.2, -0.15) is 0 Å². The molecule has 5 nitrogen and oxygen atoms in total. The van der Waals surface area contributed by atoms with Gasteiger partial charge >= 0.3 is 5.97 Å². The minimum Gasteiger partial charge on any atom is -0.476 e. The van der Waals surface area contributed by atoms with Crippen molar-refractivity contribution in [2.45, 2.75) is 38.6 Å². The lowest BCUT2D eigenvalue weighted by atomic mass is 9.87. The number of fused-ring (bicyclic) bond motifs is 1. The van der Waals surface area contributed by atoms with Gasteiger partial charge in [-0.1, -0.05) is 25.8 Å². The number of carboxylic acid groups (broad SMARTS) is 1. The highest BCUT2D eigenvalue weighted by Gasteiger charge is 2.23. The quantitative estimate of drug-likeness (QED) is 0.902. The number of carbonyl (C=O) groups is 1. The predicted molar refractivity (Wildman–Crippen MR) is 77.2 cm³/mol. The van der Waals surface area contributed by atoms with Crippen LogP contribution in [0.2, 0.25) is 0 Å². The van der Waals surface area contributed by atoms with Crippen molar-refractivity contribution in [3.8, 4) is 0 Å². The third kappa shape index (κ3) is 2.35. The van der Waals surface area contributed by atoms with Crippen LogP contribution in [-0.4, -0.2) is 26.5 Å². The van der Waals surface area contributed by atoms with Gasteiger partial charge in [-0.3, -0.25) is 4.40 Å². The summed E-state index contributed by atoms with van der Waals surface area (Å²) in [6.07, 6.45) is 6.34. The van der Waals surface area contributed by atoms with Crippen LogP contribution in [0.3, 0.4) is 0 Å². The van der Waals surface area contributed by atoms with E-state index in [0.717, 1.165) is 12.8 Å². The number of anilines is 1. The highest BCUT2D eigenvalue weighted by molar-refractivity contribution is 5.93. The van der Waals surface area contributed by atoms with Crippen molar-refractivity contribution in [3.05, 3.63) is 30.1 Å². The lowest BCUT2D eigenvalue weighted by Crippen LogP contribution is -2.27. The van der Waals surface area contributed by atoms with Crippen molar-refractivity contribution in [3.63, 3.8) is 0 Å². The molecule has 1 saturated carbocycles. The topological polar surface area (TPSA) is 66.6 Å². The van der Waals surface area contributed by atoms with Crippen LogP contribution in [-0.2, 0) is 0 Å². The molecule has 20 heavy (non-hydrogen) atoms. The van der Waals surface area contributed by atoms with E-state index in [4.69, 9.17) is 0 Å². The van der Waals surface area contributed by atoms with Crippen molar-refractivity contribution < 1.29 is 9.90 Å². The van der Waals surface area contributed by atoms with E-state index in [1.54, 1.807) is 10.6 Å². The minimum atomic E-state index is -0.949.